The van der Waals surface area contributed by atoms with Crippen LogP contribution in [0.3, 0.4) is 0 Å². The van der Waals surface area contributed by atoms with Gasteiger partial charge in [-0.05, 0) is 23.8 Å². The predicted molar refractivity (Wildman–Crippen MR) is 73.2 cm³/mol. The van der Waals surface area contributed by atoms with Crippen LogP contribution < -0.4 is 4.74 Å². The summed E-state index contributed by atoms with van der Waals surface area (Å²) in [6.45, 7) is 0. The largest absolute Gasteiger partial charge is 0.496 e. The Morgan fingerprint density at radius 1 is 1.18 bits per heavy atom. The van der Waals surface area contributed by atoms with E-state index in [1.54, 1.807) is 18.9 Å². The zero-order valence-electron chi connectivity index (χ0n) is 9.90. The number of hydrogen-bond donors (Lipinski definition) is 0. The number of fused-ring (bicyclic) bond motifs is 1. The van der Waals surface area contributed by atoms with Crippen LogP contribution in [0.25, 0.3) is 10.8 Å². The minimum absolute atomic E-state index is 0.163. The van der Waals surface area contributed by atoms with E-state index >= 15 is 0 Å². The molecule has 0 spiro atoms. The van der Waals surface area contributed by atoms with Crippen molar-refractivity contribution in [1.29, 1.82) is 0 Å². The van der Waals surface area contributed by atoms with E-state index in [9.17, 15) is 4.79 Å². The topological polar surface area (TPSA) is 26.3 Å². The highest BCUT2D eigenvalue weighted by Crippen LogP contribution is 2.28. The van der Waals surface area contributed by atoms with Crippen LogP contribution in [0.4, 0.5) is 0 Å². The average molecular weight is 246 g/mol. The third-order valence-electron chi connectivity index (χ3n) is 2.68. The molecule has 0 N–H and O–H groups in total. The first-order chi connectivity index (χ1) is 8.27. The van der Waals surface area contributed by atoms with Gasteiger partial charge in [-0.2, -0.15) is 11.8 Å². The Labute approximate surface area is 105 Å². The van der Waals surface area contributed by atoms with Crippen LogP contribution in [0.15, 0.2) is 36.4 Å². The standard InChI is InChI=1S/C14H14O2S/c1-16-14-8-7-11(13(15)9-17-2)10-5-3-4-6-12(10)14/h3-8H,9H2,1-2H3. The van der Waals surface area contributed by atoms with Crippen LogP contribution in [-0.2, 0) is 0 Å². The van der Waals surface area contributed by atoms with E-state index in [1.165, 1.54) is 0 Å². The smallest absolute Gasteiger partial charge is 0.173 e. The van der Waals surface area contributed by atoms with Crippen LogP contribution in [0.1, 0.15) is 10.4 Å². The van der Waals surface area contributed by atoms with Crippen molar-refractivity contribution in [1.82, 2.24) is 0 Å². The number of carbonyl (C=O) groups is 1. The summed E-state index contributed by atoms with van der Waals surface area (Å²) in [5.41, 5.74) is 0.774. The minimum Gasteiger partial charge on any atom is -0.496 e. The molecule has 0 fully saturated rings. The Bertz CT molecular complexity index is 549. The molecule has 0 saturated heterocycles. The Balaban J connectivity index is 2.62. The lowest BCUT2D eigenvalue weighted by atomic mass is 10.0. The van der Waals surface area contributed by atoms with Gasteiger partial charge in [0.1, 0.15) is 5.75 Å². The Morgan fingerprint density at radius 3 is 2.53 bits per heavy atom. The fourth-order valence-electron chi connectivity index (χ4n) is 1.90. The van der Waals surface area contributed by atoms with Gasteiger partial charge in [-0.15, -0.1) is 0 Å². The van der Waals surface area contributed by atoms with Crippen molar-refractivity contribution < 1.29 is 9.53 Å². The van der Waals surface area contributed by atoms with Crippen LogP contribution in [0.2, 0.25) is 0 Å². The van der Waals surface area contributed by atoms with E-state index in [0.717, 1.165) is 22.1 Å². The summed E-state index contributed by atoms with van der Waals surface area (Å²) in [5, 5.41) is 1.95. The van der Waals surface area contributed by atoms with Gasteiger partial charge in [0, 0.05) is 10.9 Å². The maximum atomic E-state index is 12.0. The van der Waals surface area contributed by atoms with E-state index in [0.29, 0.717) is 5.75 Å². The molecular weight excluding hydrogens is 232 g/mol. The zero-order chi connectivity index (χ0) is 12.3. The number of rotatable bonds is 4. The summed E-state index contributed by atoms with van der Waals surface area (Å²) >= 11 is 1.54. The normalized spacial score (nSPS) is 10.5. The number of hydrogen-bond acceptors (Lipinski definition) is 3. The molecule has 2 aromatic rings. The van der Waals surface area contributed by atoms with Crippen LogP contribution in [0, 0.1) is 0 Å². The van der Waals surface area contributed by atoms with Crippen LogP contribution in [0.5, 0.6) is 5.75 Å². The molecule has 2 rings (SSSR count). The maximum Gasteiger partial charge on any atom is 0.173 e. The Kier molecular flexibility index (Phi) is 3.69. The highest BCUT2D eigenvalue weighted by atomic mass is 32.2. The first kappa shape index (κ1) is 12.0. The van der Waals surface area contributed by atoms with Gasteiger partial charge < -0.3 is 4.74 Å². The number of ether oxygens (including phenoxy) is 1. The van der Waals surface area contributed by atoms with E-state index in [2.05, 4.69) is 0 Å². The molecule has 2 aromatic carbocycles. The van der Waals surface area contributed by atoms with Crippen LogP contribution >= 0.6 is 11.8 Å². The summed E-state index contributed by atoms with van der Waals surface area (Å²) in [6, 6.07) is 11.5. The maximum absolute atomic E-state index is 12.0. The third kappa shape index (κ3) is 2.29. The second kappa shape index (κ2) is 5.23. The number of carbonyl (C=O) groups excluding carboxylic acids is 1. The molecule has 0 heterocycles. The number of thioether (sulfide) groups is 1. The number of ketones is 1. The van der Waals surface area contributed by atoms with Crippen molar-refractivity contribution in [3.05, 3.63) is 42.0 Å². The van der Waals surface area contributed by atoms with Gasteiger partial charge in [0.15, 0.2) is 5.78 Å². The summed E-state index contributed by atoms with van der Waals surface area (Å²) in [7, 11) is 1.64. The van der Waals surface area contributed by atoms with Crippen molar-refractivity contribution in [2.45, 2.75) is 0 Å². The van der Waals surface area contributed by atoms with Gasteiger partial charge in [-0.25, -0.2) is 0 Å². The molecule has 88 valence electrons. The van der Waals surface area contributed by atoms with Gasteiger partial charge >= 0.3 is 0 Å². The molecule has 0 aliphatic rings. The second-order valence-electron chi connectivity index (χ2n) is 3.72. The van der Waals surface area contributed by atoms with Gasteiger partial charge in [-0.1, -0.05) is 24.3 Å². The first-order valence-electron chi connectivity index (χ1n) is 5.36. The molecule has 0 unspecified atom stereocenters. The second-order valence-corrected chi connectivity index (χ2v) is 4.58. The van der Waals surface area contributed by atoms with Gasteiger partial charge in [0.25, 0.3) is 0 Å². The lowest BCUT2D eigenvalue weighted by Gasteiger charge is -2.09. The molecule has 0 aliphatic carbocycles. The number of methoxy groups -OCH3 is 1. The summed E-state index contributed by atoms with van der Waals surface area (Å²) < 4.78 is 5.31. The van der Waals surface area contributed by atoms with E-state index in [4.69, 9.17) is 4.74 Å². The molecule has 0 saturated carbocycles. The SMILES string of the molecule is COc1ccc(C(=O)CSC)c2ccccc12. The van der Waals surface area contributed by atoms with Crippen molar-refractivity contribution in [3.63, 3.8) is 0 Å². The zero-order valence-corrected chi connectivity index (χ0v) is 10.7. The third-order valence-corrected chi connectivity index (χ3v) is 3.23. The van der Waals surface area contributed by atoms with E-state index in [-0.39, 0.29) is 5.78 Å². The highest BCUT2D eigenvalue weighted by molar-refractivity contribution is 7.99. The summed E-state index contributed by atoms with van der Waals surface area (Å²) in [5.74, 6) is 1.48. The summed E-state index contributed by atoms with van der Waals surface area (Å²) in [6.07, 6.45) is 1.93. The van der Waals surface area contributed by atoms with Crippen LogP contribution in [-0.4, -0.2) is 24.9 Å². The lowest BCUT2D eigenvalue weighted by molar-refractivity contribution is 0.102. The van der Waals surface area contributed by atoms with E-state index < -0.39 is 0 Å². The molecule has 0 aliphatic heterocycles. The van der Waals surface area contributed by atoms with Crippen molar-refractivity contribution in [2.75, 3.05) is 19.1 Å². The number of benzene rings is 2. The molecule has 0 amide bonds. The average Bonchev–Trinajstić information content (AvgIpc) is 2.37. The van der Waals surface area contributed by atoms with E-state index in [1.807, 2.05) is 42.7 Å². The molecule has 3 heteroatoms. The molecule has 2 nitrogen and oxygen atoms in total. The van der Waals surface area contributed by atoms with Crippen molar-refractivity contribution in [3.8, 4) is 5.75 Å². The molecule has 0 radical (unpaired) electrons. The predicted octanol–water partition coefficient (Wildman–Crippen LogP) is 3.39. The molecule has 0 atom stereocenters. The quantitative estimate of drug-likeness (QED) is 0.773. The fourth-order valence-corrected chi connectivity index (χ4v) is 2.32. The highest BCUT2D eigenvalue weighted by Gasteiger charge is 2.11. The van der Waals surface area contributed by atoms with Crippen molar-refractivity contribution >= 4 is 28.3 Å². The van der Waals surface area contributed by atoms with Gasteiger partial charge in [0.2, 0.25) is 0 Å². The minimum atomic E-state index is 0.163. The fraction of sp³-hybridized carbons (Fsp3) is 0.214. The monoisotopic (exact) mass is 246 g/mol. The van der Waals surface area contributed by atoms with Gasteiger partial charge in [-0.3, -0.25) is 4.79 Å². The molecular formula is C14H14O2S. The summed E-state index contributed by atoms with van der Waals surface area (Å²) in [4.78, 5) is 12.0. The lowest BCUT2D eigenvalue weighted by Crippen LogP contribution is -2.03. The first-order valence-corrected chi connectivity index (χ1v) is 6.75. The molecule has 0 bridgehead atoms. The Morgan fingerprint density at radius 2 is 1.88 bits per heavy atom. The Hall–Kier alpha value is -1.48. The van der Waals surface area contributed by atoms with Crippen molar-refractivity contribution in [2.24, 2.45) is 0 Å². The number of Topliss-reactive ketones (excluding diaryl/α,β-unsaturated/α-hetero) is 1. The molecule has 17 heavy (non-hydrogen) atoms. The molecule has 0 aromatic heterocycles. The van der Waals surface area contributed by atoms with Gasteiger partial charge in [0.05, 0.1) is 12.9 Å².